The van der Waals surface area contributed by atoms with Gasteiger partial charge in [0.25, 0.3) is 0 Å². The van der Waals surface area contributed by atoms with Gasteiger partial charge in [-0.15, -0.1) is 10.2 Å². The van der Waals surface area contributed by atoms with Crippen LogP contribution in [0.15, 0.2) is 27.1 Å². The Kier molecular flexibility index (Phi) is 4.83. The summed E-state index contributed by atoms with van der Waals surface area (Å²) >= 11 is 9.41. The SMILES string of the molecule is CC(C)(C)NCCc1nnc(-c2cc(Cl)cc(Br)c2)o1. The third-order valence-corrected chi connectivity index (χ3v) is 3.25. The summed E-state index contributed by atoms with van der Waals surface area (Å²) < 4.78 is 6.54. The smallest absolute Gasteiger partial charge is 0.247 e. The van der Waals surface area contributed by atoms with Gasteiger partial charge in [-0.05, 0) is 39.0 Å². The lowest BCUT2D eigenvalue weighted by Gasteiger charge is -2.19. The normalized spacial score (nSPS) is 11.8. The Morgan fingerprint density at radius 1 is 1.25 bits per heavy atom. The van der Waals surface area contributed by atoms with E-state index in [1.165, 1.54) is 0 Å². The van der Waals surface area contributed by atoms with Crippen LogP contribution >= 0.6 is 27.5 Å². The number of benzene rings is 1. The molecule has 4 nitrogen and oxygen atoms in total. The molecular weight excluding hydrogens is 342 g/mol. The lowest BCUT2D eigenvalue weighted by atomic mass is 10.1. The second-order valence-electron chi connectivity index (χ2n) is 5.59. The van der Waals surface area contributed by atoms with Crippen molar-refractivity contribution in [2.24, 2.45) is 0 Å². The van der Waals surface area contributed by atoms with Gasteiger partial charge in [-0.1, -0.05) is 27.5 Å². The molecule has 0 atom stereocenters. The average molecular weight is 359 g/mol. The fourth-order valence-electron chi connectivity index (χ4n) is 1.69. The number of rotatable bonds is 4. The number of hydrogen-bond acceptors (Lipinski definition) is 4. The van der Waals surface area contributed by atoms with E-state index in [2.05, 4.69) is 52.2 Å². The summed E-state index contributed by atoms with van der Waals surface area (Å²) in [4.78, 5) is 0. The molecule has 0 aliphatic heterocycles. The molecule has 0 aliphatic rings. The van der Waals surface area contributed by atoms with Gasteiger partial charge in [0, 0.05) is 33.6 Å². The Labute approximate surface area is 132 Å². The van der Waals surface area contributed by atoms with Crippen molar-refractivity contribution in [3.8, 4) is 11.5 Å². The third-order valence-electron chi connectivity index (χ3n) is 2.57. The number of aromatic nitrogens is 2. The van der Waals surface area contributed by atoms with E-state index in [-0.39, 0.29) is 5.54 Å². The number of halogens is 2. The van der Waals surface area contributed by atoms with Gasteiger partial charge in [0.15, 0.2) is 0 Å². The van der Waals surface area contributed by atoms with Gasteiger partial charge in [-0.25, -0.2) is 0 Å². The van der Waals surface area contributed by atoms with Crippen molar-refractivity contribution in [1.82, 2.24) is 15.5 Å². The molecule has 0 unspecified atom stereocenters. The molecule has 0 amide bonds. The van der Waals surface area contributed by atoms with E-state index in [1.54, 1.807) is 6.07 Å². The van der Waals surface area contributed by atoms with Gasteiger partial charge >= 0.3 is 0 Å². The summed E-state index contributed by atoms with van der Waals surface area (Å²) in [5.41, 5.74) is 0.896. The maximum Gasteiger partial charge on any atom is 0.247 e. The largest absolute Gasteiger partial charge is 0.421 e. The van der Waals surface area contributed by atoms with E-state index >= 15 is 0 Å². The molecule has 1 aromatic carbocycles. The van der Waals surface area contributed by atoms with Crippen molar-refractivity contribution in [2.45, 2.75) is 32.7 Å². The Balaban J connectivity index is 2.05. The van der Waals surface area contributed by atoms with E-state index in [1.807, 2.05) is 12.1 Å². The first-order valence-corrected chi connectivity index (χ1v) is 7.54. The first-order chi connectivity index (χ1) is 9.33. The highest BCUT2D eigenvalue weighted by atomic mass is 79.9. The van der Waals surface area contributed by atoms with Crippen LogP contribution in [-0.4, -0.2) is 22.3 Å². The van der Waals surface area contributed by atoms with Crippen LogP contribution in [0.25, 0.3) is 11.5 Å². The minimum Gasteiger partial charge on any atom is -0.421 e. The van der Waals surface area contributed by atoms with Crippen LogP contribution in [0.5, 0.6) is 0 Å². The molecule has 0 aliphatic carbocycles. The average Bonchev–Trinajstić information content (AvgIpc) is 2.74. The third kappa shape index (κ3) is 4.58. The van der Waals surface area contributed by atoms with Gasteiger partial charge < -0.3 is 9.73 Å². The standard InChI is InChI=1S/C14H17BrClN3O/c1-14(2,3)17-5-4-12-18-19-13(20-12)9-6-10(15)8-11(16)7-9/h6-8,17H,4-5H2,1-3H3. The molecule has 1 N–H and O–H groups in total. The van der Waals surface area contributed by atoms with E-state index in [0.717, 1.165) is 16.6 Å². The monoisotopic (exact) mass is 357 g/mol. The minimum absolute atomic E-state index is 0.0840. The topological polar surface area (TPSA) is 51.0 Å². The lowest BCUT2D eigenvalue weighted by molar-refractivity contribution is 0.412. The fraction of sp³-hybridized carbons (Fsp3) is 0.429. The Hall–Kier alpha value is -0.910. The van der Waals surface area contributed by atoms with Gasteiger partial charge in [0.05, 0.1) is 0 Å². The molecule has 0 saturated carbocycles. The highest BCUT2D eigenvalue weighted by molar-refractivity contribution is 9.10. The molecule has 0 radical (unpaired) electrons. The highest BCUT2D eigenvalue weighted by Gasteiger charge is 2.12. The van der Waals surface area contributed by atoms with Crippen LogP contribution < -0.4 is 5.32 Å². The maximum atomic E-state index is 6.01. The quantitative estimate of drug-likeness (QED) is 0.894. The Morgan fingerprint density at radius 3 is 2.65 bits per heavy atom. The highest BCUT2D eigenvalue weighted by Crippen LogP contribution is 2.26. The van der Waals surface area contributed by atoms with Crippen LogP contribution in [0, 0.1) is 0 Å². The zero-order chi connectivity index (χ0) is 14.8. The molecule has 1 aromatic heterocycles. The van der Waals surface area contributed by atoms with E-state index in [0.29, 0.717) is 23.2 Å². The maximum absolute atomic E-state index is 6.01. The van der Waals surface area contributed by atoms with Crippen molar-refractivity contribution < 1.29 is 4.42 Å². The van der Waals surface area contributed by atoms with E-state index in [4.69, 9.17) is 16.0 Å². The predicted octanol–water partition coefficient (Wildman–Crippen LogP) is 4.08. The molecule has 2 aromatic rings. The van der Waals surface area contributed by atoms with Crippen LogP contribution in [0.3, 0.4) is 0 Å². The van der Waals surface area contributed by atoms with E-state index in [9.17, 15) is 0 Å². The first-order valence-electron chi connectivity index (χ1n) is 6.37. The lowest BCUT2D eigenvalue weighted by Crippen LogP contribution is -2.37. The summed E-state index contributed by atoms with van der Waals surface area (Å²) in [5, 5.41) is 12.1. The number of hydrogen-bond donors (Lipinski definition) is 1. The molecule has 0 saturated heterocycles. The molecule has 108 valence electrons. The molecule has 1 heterocycles. The molecular formula is C14H17BrClN3O. The minimum atomic E-state index is 0.0840. The van der Waals surface area contributed by atoms with Crippen molar-refractivity contribution in [1.29, 1.82) is 0 Å². The van der Waals surface area contributed by atoms with E-state index < -0.39 is 0 Å². The Bertz CT molecular complexity index is 572. The summed E-state index contributed by atoms with van der Waals surface area (Å²) in [7, 11) is 0. The van der Waals surface area contributed by atoms with Crippen LogP contribution in [-0.2, 0) is 6.42 Å². The number of nitrogens with zero attached hydrogens (tertiary/aromatic N) is 2. The van der Waals surface area contributed by atoms with Gasteiger partial charge in [0.2, 0.25) is 11.8 Å². The molecule has 20 heavy (non-hydrogen) atoms. The number of nitrogens with one attached hydrogen (secondary N) is 1. The van der Waals surface area contributed by atoms with Gasteiger partial charge in [-0.3, -0.25) is 0 Å². The first kappa shape index (κ1) is 15.5. The molecule has 0 spiro atoms. The van der Waals surface area contributed by atoms with Crippen molar-refractivity contribution in [2.75, 3.05) is 6.54 Å². The molecule has 0 fully saturated rings. The molecule has 2 rings (SSSR count). The van der Waals surface area contributed by atoms with Gasteiger partial charge in [0.1, 0.15) is 0 Å². The second kappa shape index (κ2) is 6.24. The second-order valence-corrected chi connectivity index (χ2v) is 6.94. The zero-order valence-electron chi connectivity index (χ0n) is 11.7. The van der Waals surface area contributed by atoms with Crippen molar-refractivity contribution in [3.63, 3.8) is 0 Å². The van der Waals surface area contributed by atoms with Crippen LogP contribution in [0.1, 0.15) is 26.7 Å². The van der Waals surface area contributed by atoms with Crippen molar-refractivity contribution in [3.05, 3.63) is 33.6 Å². The molecule has 6 heteroatoms. The zero-order valence-corrected chi connectivity index (χ0v) is 14.0. The summed E-state index contributed by atoms with van der Waals surface area (Å²) in [6.07, 6.45) is 0.700. The Morgan fingerprint density at radius 2 is 2.00 bits per heavy atom. The van der Waals surface area contributed by atoms with Gasteiger partial charge in [-0.2, -0.15) is 0 Å². The summed E-state index contributed by atoms with van der Waals surface area (Å²) in [6, 6.07) is 5.52. The van der Waals surface area contributed by atoms with Crippen molar-refractivity contribution >= 4 is 27.5 Å². The predicted molar refractivity (Wildman–Crippen MR) is 83.9 cm³/mol. The van der Waals surface area contributed by atoms with Crippen LogP contribution in [0.4, 0.5) is 0 Å². The summed E-state index contributed by atoms with van der Waals surface area (Å²) in [5.74, 6) is 1.10. The molecule has 0 bridgehead atoms. The summed E-state index contributed by atoms with van der Waals surface area (Å²) in [6.45, 7) is 7.16. The van der Waals surface area contributed by atoms with Crippen LogP contribution in [0.2, 0.25) is 5.02 Å². The fourth-order valence-corrected chi connectivity index (χ4v) is 2.55.